The van der Waals surface area contributed by atoms with Gasteiger partial charge in [-0.3, -0.25) is 4.79 Å². The molecular weight excluding hydrogens is 310 g/mol. The monoisotopic (exact) mass is 333 g/mol. The zero-order valence-electron chi connectivity index (χ0n) is 14.0. The molecule has 0 aliphatic carbocycles. The van der Waals surface area contributed by atoms with Gasteiger partial charge in [-0.15, -0.1) is 0 Å². The maximum Gasteiger partial charge on any atom is 0.331 e. The molecule has 1 N–H and O–H groups in total. The van der Waals surface area contributed by atoms with Gasteiger partial charge in [0.2, 0.25) is 0 Å². The molecule has 6 nitrogen and oxygen atoms in total. The van der Waals surface area contributed by atoms with Gasteiger partial charge in [-0.05, 0) is 36.6 Å². The SMILES string of the molecule is CCC(CC)NC(=O)COC(=O)/C=C/c1ccc2c(c1)OCCO2. The summed E-state index contributed by atoms with van der Waals surface area (Å²) in [6.07, 6.45) is 4.59. The predicted octanol–water partition coefficient (Wildman–Crippen LogP) is 2.32. The van der Waals surface area contributed by atoms with E-state index in [0.29, 0.717) is 24.7 Å². The summed E-state index contributed by atoms with van der Waals surface area (Å²) in [6.45, 7) is 4.76. The second-order valence-electron chi connectivity index (χ2n) is 5.43. The number of rotatable bonds is 7. The Labute approximate surface area is 141 Å². The van der Waals surface area contributed by atoms with Gasteiger partial charge >= 0.3 is 5.97 Å². The first-order valence-corrected chi connectivity index (χ1v) is 8.16. The Balaban J connectivity index is 1.81. The van der Waals surface area contributed by atoms with E-state index in [0.717, 1.165) is 18.4 Å². The van der Waals surface area contributed by atoms with E-state index >= 15 is 0 Å². The van der Waals surface area contributed by atoms with Crippen LogP contribution in [0.15, 0.2) is 24.3 Å². The number of carbonyl (C=O) groups is 2. The third-order valence-electron chi connectivity index (χ3n) is 3.67. The normalized spacial score (nSPS) is 13.1. The molecule has 1 amide bonds. The molecule has 0 atom stereocenters. The van der Waals surface area contributed by atoms with E-state index in [9.17, 15) is 9.59 Å². The minimum absolute atomic E-state index is 0.115. The number of hydrogen-bond acceptors (Lipinski definition) is 5. The van der Waals surface area contributed by atoms with Crippen molar-refractivity contribution in [3.05, 3.63) is 29.8 Å². The Hall–Kier alpha value is -2.50. The van der Waals surface area contributed by atoms with Gasteiger partial charge in [0, 0.05) is 12.1 Å². The highest BCUT2D eigenvalue weighted by atomic mass is 16.6. The van der Waals surface area contributed by atoms with Gasteiger partial charge in [0.15, 0.2) is 18.1 Å². The fourth-order valence-corrected chi connectivity index (χ4v) is 2.27. The van der Waals surface area contributed by atoms with Crippen molar-refractivity contribution in [2.75, 3.05) is 19.8 Å². The summed E-state index contributed by atoms with van der Waals surface area (Å²) in [7, 11) is 0. The van der Waals surface area contributed by atoms with E-state index < -0.39 is 5.97 Å². The Morgan fingerprint density at radius 3 is 2.62 bits per heavy atom. The standard InChI is InChI=1S/C18H23NO5/c1-3-14(4-2)19-17(20)12-24-18(21)8-6-13-5-7-15-16(11-13)23-10-9-22-15/h5-8,11,14H,3-4,9-10,12H2,1-2H3,(H,19,20)/b8-6+. The number of esters is 1. The molecule has 0 saturated carbocycles. The predicted molar refractivity (Wildman–Crippen MR) is 89.9 cm³/mol. The molecule has 0 bridgehead atoms. The van der Waals surface area contributed by atoms with Crippen molar-refractivity contribution < 1.29 is 23.8 Å². The van der Waals surface area contributed by atoms with Crippen molar-refractivity contribution in [3.63, 3.8) is 0 Å². The average molecular weight is 333 g/mol. The van der Waals surface area contributed by atoms with Crippen LogP contribution >= 0.6 is 0 Å². The first-order chi connectivity index (χ1) is 11.6. The second-order valence-corrected chi connectivity index (χ2v) is 5.43. The molecule has 130 valence electrons. The van der Waals surface area contributed by atoms with Gasteiger partial charge in [0.05, 0.1) is 0 Å². The maximum atomic E-state index is 11.7. The number of fused-ring (bicyclic) bond motifs is 1. The number of carbonyl (C=O) groups excluding carboxylic acids is 2. The van der Waals surface area contributed by atoms with Crippen LogP contribution in [0.25, 0.3) is 6.08 Å². The molecule has 1 heterocycles. The molecule has 1 aliphatic rings. The van der Waals surface area contributed by atoms with Crippen LogP contribution in [0.1, 0.15) is 32.3 Å². The van der Waals surface area contributed by atoms with E-state index in [4.69, 9.17) is 14.2 Å². The summed E-state index contributed by atoms with van der Waals surface area (Å²) in [4.78, 5) is 23.4. The van der Waals surface area contributed by atoms with Crippen LogP contribution in [0.2, 0.25) is 0 Å². The molecule has 0 spiro atoms. The summed E-state index contributed by atoms with van der Waals surface area (Å²) < 4.78 is 15.8. The molecule has 0 fully saturated rings. The largest absolute Gasteiger partial charge is 0.486 e. The molecule has 0 unspecified atom stereocenters. The zero-order valence-corrected chi connectivity index (χ0v) is 14.0. The van der Waals surface area contributed by atoms with E-state index in [-0.39, 0.29) is 18.6 Å². The molecule has 1 aliphatic heterocycles. The van der Waals surface area contributed by atoms with Crippen LogP contribution in [-0.2, 0) is 14.3 Å². The number of benzene rings is 1. The molecular formula is C18H23NO5. The van der Waals surface area contributed by atoms with Crippen molar-refractivity contribution in [2.24, 2.45) is 0 Å². The molecule has 0 aromatic heterocycles. The summed E-state index contributed by atoms with van der Waals surface area (Å²) in [5.41, 5.74) is 0.790. The Morgan fingerprint density at radius 1 is 1.21 bits per heavy atom. The lowest BCUT2D eigenvalue weighted by Gasteiger charge is -2.18. The summed E-state index contributed by atoms with van der Waals surface area (Å²) >= 11 is 0. The van der Waals surface area contributed by atoms with Crippen molar-refractivity contribution in [3.8, 4) is 11.5 Å². The van der Waals surface area contributed by atoms with Crippen molar-refractivity contribution >= 4 is 18.0 Å². The maximum absolute atomic E-state index is 11.7. The Bertz CT molecular complexity index is 607. The zero-order chi connectivity index (χ0) is 17.4. The van der Waals surface area contributed by atoms with Crippen LogP contribution in [-0.4, -0.2) is 37.7 Å². The highest BCUT2D eigenvalue weighted by Gasteiger charge is 2.12. The lowest BCUT2D eigenvalue weighted by atomic mass is 10.2. The van der Waals surface area contributed by atoms with Gasteiger partial charge < -0.3 is 19.5 Å². The van der Waals surface area contributed by atoms with E-state index in [1.807, 2.05) is 19.9 Å². The molecule has 0 saturated heterocycles. The summed E-state index contributed by atoms with van der Waals surface area (Å²) in [6, 6.07) is 5.52. The fraction of sp³-hybridized carbons (Fsp3) is 0.444. The molecule has 1 aromatic rings. The Kier molecular flexibility index (Phi) is 6.66. The molecule has 0 radical (unpaired) electrons. The van der Waals surface area contributed by atoms with Gasteiger partial charge in [-0.1, -0.05) is 19.9 Å². The van der Waals surface area contributed by atoms with Crippen LogP contribution < -0.4 is 14.8 Å². The van der Waals surface area contributed by atoms with Gasteiger partial charge in [0.25, 0.3) is 5.91 Å². The van der Waals surface area contributed by atoms with Crippen LogP contribution in [0.5, 0.6) is 11.5 Å². The highest BCUT2D eigenvalue weighted by Crippen LogP contribution is 2.31. The molecule has 2 rings (SSSR count). The third-order valence-corrected chi connectivity index (χ3v) is 3.67. The number of ether oxygens (including phenoxy) is 3. The van der Waals surface area contributed by atoms with Gasteiger partial charge in [0.1, 0.15) is 13.2 Å². The van der Waals surface area contributed by atoms with E-state index in [2.05, 4.69) is 5.32 Å². The molecule has 1 aromatic carbocycles. The van der Waals surface area contributed by atoms with Crippen molar-refractivity contribution in [2.45, 2.75) is 32.7 Å². The second kappa shape index (κ2) is 8.96. The third kappa shape index (κ3) is 5.30. The molecule has 24 heavy (non-hydrogen) atoms. The quantitative estimate of drug-likeness (QED) is 0.612. The summed E-state index contributed by atoms with van der Waals surface area (Å²) in [5.74, 6) is 0.495. The van der Waals surface area contributed by atoms with E-state index in [1.165, 1.54) is 6.08 Å². The van der Waals surface area contributed by atoms with Crippen LogP contribution in [0.3, 0.4) is 0 Å². The van der Waals surface area contributed by atoms with Gasteiger partial charge in [-0.25, -0.2) is 4.79 Å². The smallest absolute Gasteiger partial charge is 0.331 e. The highest BCUT2D eigenvalue weighted by molar-refractivity contribution is 5.89. The van der Waals surface area contributed by atoms with Gasteiger partial charge in [-0.2, -0.15) is 0 Å². The minimum Gasteiger partial charge on any atom is -0.486 e. The topological polar surface area (TPSA) is 73.9 Å². The van der Waals surface area contributed by atoms with Crippen molar-refractivity contribution in [1.82, 2.24) is 5.32 Å². The molecule has 6 heteroatoms. The average Bonchev–Trinajstić information content (AvgIpc) is 2.62. The number of amides is 1. The van der Waals surface area contributed by atoms with Crippen LogP contribution in [0, 0.1) is 0 Å². The number of nitrogens with one attached hydrogen (secondary N) is 1. The first-order valence-electron chi connectivity index (χ1n) is 8.16. The lowest BCUT2D eigenvalue weighted by molar-refractivity contribution is -0.144. The minimum atomic E-state index is -0.565. The Morgan fingerprint density at radius 2 is 1.92 bits per heavy atom. The lowest BCUT2D eigenvalue weighted by Crippen LogP contribution is -2.36. The van der Waals surface area contributed by atoms with E-state index in [1.54, 1.807) is 18.2 Å². The fourth-order valence-electron chi connectivity index (χ4n) is 2.27. The first kappa shape index (κ1) is 17.8. The summed E-state index contributed by atoms with van der Waals surface area (Å²) in [5, 5.41) is 2.81. The van der Waals surface area contributed by atoms with Crippen LogP contribution in [0.4, 0.5) is 0 Å². The van der Waals surface area contributed by atoms with Crippen molar-refractivity contribution in [1.29, 1.82) is 0 Å². The number of hydrogen-bond donors (Lipinski definition) is 1.